The lowest BCUT2D eigenvalue weighted by Gasteiger charge is -1.93. The molecule has 0 aromatic heterocycles. The monoisotopic (exact) mass is 227 g/mol. The van der Waals surface area contributed by atoms with Crippen LogP contribution in [0.1, 0.15) is 12.5 Å². The van der Waals surface area contributed by atoms with Gasteiger partial charge in [-0.05, 0) is 24.6 Å². The van der Waals surface area contributed by atoms with Crippen molar-refractivity contribution in [2.75, 3.05) is 6.61 Å². The van der Waals surface area contributed by atoms with Crippen LogP contribution in [-0.2, 0) is 4.84 Å². The highest BCUT2D eigenvalue weighted by molar-refractivity contribution is 9.10. The van der Waals surface area contributed by atoms with Crippen molar-refractivity contribution in [2.45, 2.75) is 6.92 Å². The Morgan fingerprint density at radius 1 is 1.42 bits per heavy atom. The third-order valence-corrected chi connectivity index (χ3v) is 1.80. The summed E-state index contributed by atoms with van der Waals surface area (Å²) in [4.78, 5) is 4.83. The summed E-state index contributed by atoms with van der Waals surface area (Å²) in [5.41, 5.74) is 1.03. The lowest BCUT2D eigenvalue weighted by atomic mass is 10.2. The Morgan fingerprint density at radius 3 is 2.67 bits per heavy atom. The van der Waals surface area contributed by atoms with Crippen molar-refractivity contribution in [1.82, 2.24) is 0 Å². The molecule has 0 spiro atoms. The summed E-state index contributed by atoms with van der Waals surface area (Å²) < 4.78 is 1.07. The predicted octanol–water partition coefficient (Wildman–Crippen LogP) is 2.82. The maximum atomic E-state index is 4.83. The molecule has 0 fully saturated rings. The highest BCUT2D eigenvalue weighted by Gasteiger charge is 1.87. The van der Waals surface area contributed by atoms with Gasteiger partial charge in [0.05, 0.1) is 6.21 Å². The van der Waals surface area contributed by atoms with Crippen LogP contribution >= 0.6 is 15.9 Å². The molecule has 12 heavy (non-hydrogen) atoms. The van der Waals surface area contributed by atoms with Crippen LogP contribution in [0.15, 0.2) is 33.9 Å². The molecule has 0 atom stereocenters. The number of nitrogens with zero attached hydrogens (tertiary/aromatic N) is 1. The third-order valence-electron chi connectivity index (χ3n) is 1.28. The van der Waals surface area contributed by atoms with Gasteiger partial charge < -0.3 is 4.84 Å². The van der Waals surface area contributed by atoms with Crippen LogP contribution in [0.3, 0.4) is 0 Å². The third kappa shape index (κ3) is 3.05. The molecule has 0 unspecified atom stereocenters. The molecule has 0 aliphatic carbocycles. The Morgan fingerprint density at radius 2 is 2.08 bits per heavy atom. The minimum atomic E-state index is 0.604. The maximum Gasteiger partial charge on any atom is 0.114 e. The van der Waals surface area contributed by atoms with E-state index in [1.165, 1.54) is 0 Å². The number of benzene rings is 1. The predicted molar refractivity (Wildman–Crippen MR) is 53.4 cm³/mol. The van der Waals surface area contributed by atoms with Crippen molar-refractivity contribution in [1.29, 1.82) is 0 Å². The number of oxime groups is 1. The highest BCUT2D eigenvalue weighted by Crippen LogP contribution is 2.08. The van der Waals surface area contributed by atoms with Gasteiger partial charge in [-0.2, -0.15) is 0 Å². The first-order valence-electron chi connectivity index (χ1n) is 3.74. The molecule has 0 saturated carbocycles. The van der Waals surface area contributed by atoms with E-state index in [9.17, 15) is 0 Å². The SMILES string of the molecule is CCO/N=C/c1ccc(Br)cc1. The van der Waals surface area contributed by atoms with Crippen molar-refractivity contribution >= 4 is 22.1 Å². The van der Waals surface area contributed by atoms with Gasteiger partial charge in [0, 0.05) is 4.47 Å². The van der Waals surface area contributed by atoms with Crippen molar-refractivity contribution in [3.05, 3.63) is 34.3 Å². The highest BCUT2D eigenvalue weighted by atomic mass is 79.9. The summed E-state index contributed by atoms with van der Waals surface area (Å²) in [6.07, 6.45) is 1.69. The first-order chi connectivity index (χ1) is 5.83. The average molecular weight is 228 g/mol. The Labute approximate surface area is 80.4 Å². The smallest absolute Gasteiger partial charge is 0.114 e. The summed E-state index contributed by atoms with van der Waals surface area (Å²) in [7, 11) is 0. The number of hydrogen-bond acceptors (Lipinski definition) is 2. The van der Waals surface area contributed by atoms with E-state index in [0.29, 0.717) is 6.61 Å². The molecule has 0 aliphatic rings. The normalized spacial score (nSPS) is 10.5. The second-order valence-corrected chi connectivity index (χ2v) is 3.12. The largest absolute Gasteiger partial charge is 0.396 e. The van der Waals surface area contributed by atoms with Crippen LogP contribution in [0.25, 0.3) is 0 Å². The fraction of sp³-hybridized carbons (Fsp3) is 0.222. The van der Waals surface area contributed by atoms with Crippen LogP contribution in [0.4, 0.5) is 0 Å². The minimum Gasteiger partial charge on any atom is -0.396 e. The fourth-order valence-corrected chi connectivity index (χ4v) is 0.986. The maximum absolute atomic E-state index is 4.83. The summed E-state index contributed by atoms with van der Waals surface area (Å²) >= 11 is 3.35. The van der Waals surface area contributed by atoms with Crippen LogP contribution in [0.5, 0.6) is 0 Å². The fourth-order valence-electron chi connectivity index (χ4n) is 0.722. The molecule has 64 valence electrons. The van der Waals surface area contributed by atoms with Crippen molar-refractivity contribution < 1.29 is 4.84 Å². The van der Waals surface area contributed by atoms with Gasteiger partial charge in [0.15, 0.2) is 0 Å². The van der Waals surface area contributed by atoms with Crippen LogP contribution in [0, 0.1) is 0 Å². The molecular formula is C9H10BrNO. The van der Waals surface area contributed by atoms with Crippen molar-refractivity contribution in [3.63, 3.8) is 0 Å². The molecule has 0 aliphatic heterocycles. The molecule has 0 bridgehead atoms. The first-order valence-corrected chi connectivity index (χ1v) is 4.53. The van der Waals surface area contributed by atoms with Gasteiger partial charge in [-0.25, -0.2) is 0 Å². The molecule has 1 aromatic rings. The number of hydrogen-bond donors (Lipinski definition) is 0. The average Bonchev–Trinajstić information content (AvgIpc) is 2.09. The number of rotatable bonds is 3. The van der Waals surface area contributed by atoms with Crippen molar-refractivity contribution in [3.8, 4) is 0 Å². The Kier molecular flexibility index (Phi) is 3.80. The topological polar surface area (TPSA) is 21.6 Å². The van der Waals surface area contributed by atoms with Gasteiger partial charge in [-0.3, -0.25) is 0 Å². The molecule has 2 nitrogen and oxygen atoms in total. The second kappa shape index (κ2) is 4.93. The molecule has 1 aromatic carbocycles. The molecule has 1 rings (SSSR count). The minimum absolute atomic E-state index is 0.604. The van der Waals surface area contributed by atoms with Gasteiger partial charge >= 0.3 is 0 Å². The summed E-state index contributed by atoms with van der Waals surface area (Å²) in [6.45, 7) is 2.51. The molecule has 0 saturated heterocycles. The van der Waals surface area contributed by atoms with Gasteiger partial charge in [0.2, 0.25) is 0 Å². The first kappa shape index (κ1) is 9.26. The Hall–Kier alpha value is -0.830. The van der Waals surface area contributed by atoms with E-state index in [-0.39, 0.29) is 0 Å². The number of halogens is 1. The lowest BCUT2D eigenvalue weighted by molar-refractivity contribution is 0.160. The van der Waals surface area contributed by atoms with Gasteiger partial charge in [-0.15, -0.1) is 0 Å². The van der Waals surface area contributed by atoms with E-state index in [1.807, 2.05) is 31.2 Å². The standard InChI is InChI=1S/C9H10BrNO/c1-2-12-11-7-8-3-5-9(10)6-4-8/h3-7H,2H2,1H3/b11-7+. The van der Waals surface area contributed by atoms with Gasteiger partial charge in [-0.1, -0.05) is 33.2 Å². The van der Waals surface area contributed by atoms with Crippen molar-refractivity contribution in [2.24, 2.45) is 5.16 Å². The summed E-state index contributed by atoms with van der Waals surface area (Å²) in [5, 5.41) is 3.75. The van der Waals surface area contributed by atoms with Gasteiger partial charge in [0.1, 0.15) is 6.61 Å². The molecule has 0 radical (unpaired) electrons. The quantitative estimate of drug-likeness (QED) is 0.575. The summed E-state index contributed by atoms with van der Waals surface area (Å²) in [5.74, 6) is 0. The van der Waals surface area contributed by atoms with E-state index in [1.54, 1.807) is 6.21 Å². The summed E-state index contributed by atoms with van der Waals surface area (Å²) in [6, 6.07) is 7.86. The van der Waals surface area contributed by atoms with Crippen LogP contribution in [-0.4, -0.2) is 12.8 Å². The second-order valence-electron chi connectivity index (χ2n) is 2.20. The van der Waals surface area contributed by atoms with E-state index < -0.39 is 0 Å². The molecule has 0 N–H and O–H groups in total. The van der Waals surface area contributed by atoms with Crippen LogP contribution < -0.4 is 0 Å². The van der Waals surface area contributed by atoms with E-state index >= 15 is 0 Å². The lowest BCUT2D eigenvalue weighted by Crippen LogP contribution is -1.83. The zero-order valence-electron chi connectivity index (χ0n) is 6.83. The molecule has 0 heterocycles. The molecule has 3 heteroatoms. The Balaban J connectivity index is 2.58. The molecule has 0 amide bonds. The Bertz CT molecular complexity index is 256. The van der Waals surface area contributed by atoms with E-state index in [2.05, 4.69) is 21.1 Å². The molecular weight excluding hydrogens is 218 g/mol. The van der Waals surface area contributed by atoms with E-state index in [0.717, 1.165) is 10.0 Å². The zero-order valence-corrected chi connectivity index (χ0v) is 8.41. The van der Waals surface area contributed by atoms with Gasteiger partial charge in [0.25, 0.3) is 0 Å². The van der Waals surface area contributed by atoms with E-state index in [4.69, 9.17) is 4.84 Å². The van der Waals surface area contributed by atoms with Crippen LogP contribution in [0.2, 0.25) is 0 Å². The zero-order chi connectivity index (χ0) is 8.81.